The van der Waals surface area contributed by atoms with E-state index in [1.54, 1.807) is 37.5 Å². The molecule has 1 amide bonds. The predicted octanol–water partition coefficient (Wildman–Crippen LogP) is 4.98. The zero-order valence-corrected chi connectivity index (χ0v) is 19.8. The number of hydrazone groups is 1. The molecule has 4 aromatic rings. The second-order valence-corrected chi connectivity index (χ2v) is 8.64. The smallest absolute Gasteiger partial charge is 0.380 e. The summed E-state index contributed by atoms with van der Waals surface area (Å²) in [5.41, 5.74) is 5.59. The first-order chi connectivity index (χ1) is 16.5. The number of carbonyl (C=O) groups is 2. The minimum atomic E-state index is -0.611. The van der Waals surface area contributed by atoms with Crippen LogP contribution >= 0.6 is 15.9 Å². The van der Waals surface area contributed by atoms with E-state index in [0.29, 0.717) is 46.7 Å². The van der Waals surface area contributed by atoms with E-state index in [2.05, 4.69) is 36.4 Å². The number of carbonyl (C=O) groups excluding carboxylic acids is 2. The summed E-state index contributed by atoms with van der Waals surface area (Å²) in [4.78, 5) is 33.7. The van der Waals surface area contributed by atoms with Gasteiger partial charge >= 0.3 is 5.97 Å². The standard InChI is InChI=1S/C25H19BrN4O4/c1-14-21-18(29-30-24(31)15-5-3-11-27-13-15)7-2-8-19(21)33-23(14)25(32)34-20-10-9-17(26)16-6-4-12-28-22(16)20/h3-6,9-13H,2,7-8H2,1H3,(H,30,31)/b29-18+. The van der Waals surface area contributed by atoms with Gasteiger partial charge in [-0.15, -0.1) is 0 Å². The van der Waals surface area contributed by atoms with Crippen molar-refractivity contribution in [2.75, 3.05) is 0 Å². The molecule has 1 aliphatic rings. The molecule has 0 unspecified atom stereocenters. The Labute approximate surface area is 203 Å². The van der Waals surface area contributed by atoms with Gasteiger partial charge in [0.05, 0.1) is 11.3 Å². The molecule has 8 nitrogen and oxygen atoms in total. The Morgan fingerprint density at radius 1 is 1.15 bits per heavy atom. The summed E-state index contributed by atoms with van der Waals surface area (Å²) in [5.74, 6) is 0.146. The fraction of sp³-hybridized carbons (Fsp3) is 0.160. The number of rotatable bonds is 4. The second-order valence-electron chi connectivity index (χ2n) is 7.78. The number of nitrogens with zero attached hydrogens (tertiary/aromatic N) is 3. The fourth-order valence-corrected chi connectivity index (χ4v) is 4.45. The van der Waals surface area contributed by atoms with E-state index in [9.17, 15) is 9.59 Å². The molecule has 0 radical (unpaired) electrons. The first-order valence-corrected chi connectivity index (χ1v) is 11.5. The van der Waals surface area contributed by atoms with E-state index in [1.165, 1.54) is 6.20 Å². The van der Waals surface area contributed by atoms with Crippen LogP contribution in [0.4, 0.5) is 0 Å². The maximum absolute atomic E-state index is 13.1. The van der Waals surface area contributed by atoms with Gasteiger partial charge in [0.2, 0.25) is 5.76 Å². The topological polar surface area (TPSA) is 107 Å². The third-order valence-corrected chi connectivity index (χ3v) is 6.30. The zero-order chi connectivity index (χ0) is 23.7. The number of fused-ring (bicyclic) bond motifs is 2. The number of furan rings is 1. The number of ether oxygens (including phenoxy) is 1. The number of pyridine rings is 2. The number of benzene rings is 1. The summed E-state index contributed by atoms with van der Waals surface area (Å²) >= 11 is 3.49. The molecule has 34 heavy (non-hydrogen) atoms. The third-order valence-electron chi connectivity index (χ3n) is 5.61. The van der Waals surface area contributed by atoms with Gasteiger partial charge in [-0.3, -0.25) is 14.8 Å². The lowest BCUT2D eigenvalue weighted by Gasteiger charge is -2.13. The molecular formula is C25H19BrN4O4. The van der Waals surface area contributed by atoms with Crippen LogP contribution < -0.4 is 10.2 Å². The molecule has 0 bridgehead atoms. The third kappa shape index (κ3) is 4.10. The van der Waals surface area contributed by atoms with E-state index in [0.717, 1.165) is 21.8 Å². The van der Waals surface area contributed by atoms with Crippen molar-refractivity contribution in [3.63, 3.8) is 0 Å². The van der Waals surface area contributed by atoms with Crippen molar-refractivity contribution in [3.8, 4) is 5.75 Å². The molecule has 0 spiro atoms. The lowest BCUT2D eigenvalue weighted by atomic mass is 9.93. The summed E-state index contributed by atoms with van der Waals surface area (Å²) in [6.45, 7) is 1.79. The van der Waals surface area contributed by atoms with Gasteiger partial charge < -0.3 is 9.15 Å². The van der Waals surface area contributed by atoms with Crippen molar-refractivity contribution in [2.45, 2.75) is 26.2 Å². The highest BCUT2D eigenvalue weighted by Crippen LogP contribution is 2.33. The molecule has 3 heterocycles. The van der Waals surface area contributed by atoms with Gasteiger partial charge in [-0.25, -0.2) is 10.2 Å². The van der Waals surface area contributed by atoms with Crippen LogP contribution in [-0.4, -0.2) is 27.6 Å². The monoisotopic (exact) mass is 518 g/mol. The largest absolute Gasteiger partial charge is 0.453 e. The summed E-state index contributed by atoms with van der Waals surface area (Å²) < 4.78 is 12.5. The average Bonchev–Trinajstić information content (AvgIpc) is 3.22. The Morgan fingerprint density at radius 3 is 2.82 bits per heavy atom. The van der Waals surface area contributed by atoms with Crippen molar-refractivity contribution < 1.29 is 18.7 Å². The van der Waals surface area contributed by atoms with Crippen molar-refractivity contribution in [2.24, 2.45) is 5.10 Å². The highest BCUT2D eigenvalue weighted by molar-refractivity contribution is 9.10. The molecule has 5 rings (SSSR count). The molecule has 0 saturated heterocycles. The van der Waals surface area contributed by atoms with Crippen LogP contribution in [-0.2, 0) is 6.42 Å². The van der Waals surface area contributed by atoms with Gasteiger partial charge in [-0.2, -0.15) is 5.10 Å². The Bertz CT molecular complexity index is 1450. The Balaban J connectivity index is 1.42. The molecule has 0 fully saturated rings. The van der Waals surface area contributed by atoms with Crippen molar-refractivity contribution in [1.82, 2.24) is 15.4 Å². The van der Waals surface area contributed by atoms with E-state index < -0.39 is 5.97 Å². The van der Waals surface area contributed by atoms with Gasteiger partial charge in [-0.05, 0) is 50.1 Å². The number of aryl methyl sites for hydroxylation is 1. The Kier molecular flexibility index (Phi) is 5.93. The van der Waals surface area contributed by atoms with E-state index >= 15 is 0 Å². The molecular weight excluding hydrogens is 500 g/mol. The predicted molar refractivity (Wildman–Crippen MR) is 129 cm³/mol. The molecule has 0 atom stereocenters. The van der Waals surface area contributed by atoms with Crippen LogP contribution in [0.25, 0.3) is 10.9 Å². The van der Waals surface area contributed by atoms with Gasteiger partial charge in [0.1, 0.15) is 11.3 Å². The van der Waals surface area contributed by atoms with Crippen LogP contribution in [0.5, 0.6) is 5.75 Å². The number of hydrogen-bond donors (Lipinski definition) is 1. The summed E-state index contributed by atoms with van der Waals surface area (Å²) in [5, 5.41) is 5.17. The van der Waals surface area contributed by atoms with E-state index in [-0.39, 0.29) is 11.7 Å². The number of aromatic nitrogens is 2. The summed E-state index contributed by atoms with van der Waals surface area (Å²) in [6, 6.07) is 10.6. The van der Waals surface area contributed by atoms with Gasteiger partial charge in [-0.1, -0.05) is 22.0 Å². The second kappa shape index (κ2) is 9.18. The van der Waals surface area contributed by atoms with Crippen LogP contribution in [0.3, 0.4) is 0 Å². The molecule has 170 valence electrons. The summed E-state index contributed by atoms with van der Waals surface area (Å²) in [7, 11) is 0. The maximum Gasteiger partial charge on any atom is 0.380 e. The lowest BCUT2D eigenvalue weighted by Crippen LogP contribution is -2.22. The Hall–Kier alpha value is -3.85. The SMILES string of the molecule is Cc1c(C(=O)Oc2ccc(Br)c3cccnc23)oc2c1/C(=N/NC(=O)c1cccnc1)CCC2. The maximum atomic E-state index is 13.1. The van der Waals surface area contributed by atoms with Crippen molar-refractivity contribution in [1.29, 1.82) is 0 Å². The van der Waals surface area contributed by atoms with Crippen LogP contribution in [0.2, 0.25) is 0 Å². The van der Waals surface area contributed by atoms with Crippen LogP contribution in [0.15, 0.2) is 69.0 Å². The number of hydrogen-bond acceptors (Lipinski definition) is 7. The molecule has 3 aromatic heterocycles. The summed E-state index contributed by atoms with van der Waals surface area (Å²) in [6.07, 6.45) is 6.82. The number of esters is 1. The molecule has 9 heteroatoms. The minimum Gasteiger partial charge on any atom is -0.453 e. The molecule has 1 N–H and O–H groups in total. The zero-order valence-electron chi connectivity index (χ0n) is 18.2. The number of amides is 1. The highest BCUT2D eigenvalue weighted by atomic mass is 79.9. The van der Waals surface area contributed by atoms with Crippen LogP contribution in [0.1, 0.15) is 50.6 Å². The average molecular weight is 519 g/mol. The quantitative estimate of drug-likeness (QED) is 0.232. The Morgan fingerprint density at radius 2 is 2.00 bits per heavy atom. The molecule has 0 saturated carbocycles. The van der Waals surface area contributed by atoms with Crippen LogP contribution in [0, 0.1) is 6.92 Å². The van der Waals surface area contributed by atoms with E-state index in [4.69, 9.17) is 9.15 Å². The number of halogens is 1. The molecule has 1 aliphatic carbocycles. The number of nitrogens with one attached hydrogen (secondary N) is 1. The first kappa shape index (κ1) is 22.0. The van der Waals surface area contributed by atoms with Gasteiger partial charge in [0.15, 0.2) is 5.75 Å². The van der Waals surface area contributed by atoms with Gasteiger partial charge in [0.25, 0.3) is 5.91 Å². The van der Waals surface area contributed by atoms with Crippen molar-refractivity contribution in [3.05, 3.63) is 87.7 Å². The van der Waals surface area contributed by atoms with Crippen molar-refractivity contribution >= 4 is 44.4 Å². The van der Waals surface area contributed by atoms with Gasteiger partial charge in [0, 0.05) is 46.0 Å². The highest BCUT2D eigenvalue weighted by Gasteiger charge is 2.29. The fourth-order valence-electron chi connectivity index (χ4n) is 4.00. The normalized spacial score (nSPS) is 14.1. The first-order valence-electron chi connectivity index (χ1n) is 10.7. The molecule has 0 aliphatic heterocycles. The van der Waals surface area contributed by atoms with E-state index in [1.807, 2.05) is 18.2 Å². The lowest BCUT2D eigenvalue weighted by molar-refractivity contribution is 0.0700. The molecule has 1 aromatic carbocycles. The minimum absolute atomic E-state index is 0.116.